The highest BCUT2D eigenvalue weighted by molar-refractivity contribution is 9.10. The maximum Gasteiger partial charge on any atom is 0.261 e. The third kappa shape index (κ3) is 4.24. The molecule has 1 amide bonds. The molecule has 0 aliphatic rings. The van der Waals surface area contributed by atoms with Crippen LogP contribution in [0.5, 0.6) is 5.75 Å². The summed E-state index contributed by atoms with van der Waals surface area (Å²) in [5, 5.41) is 5.59. The first-order valence-electron chi connectivity index (χ1n) is 5.97. The predicted molar refractivity (Wildman–Crippen MR) is 88.6 cm³/mol. The van der Waals surface area contributed by atoms with E-state index in [1.165, 1.54) is 7.11 Å². The highest BCUT2D eigenvalue weighted by Gasteiger charge is 2.14. The number of nitrogens with zero attached hydrogens (tertiary/aromatic N) is 1. The molecule has 0 aliphatic carbocycles. The van der Waals surface area contributed by atoms with Gasteiger partial charge in [0.05, 0.1) is 12.7 Å². The second kappa shape index (κ2) is 7.14. The molecule has 2 aromatic rings. The first kappa shape index (κ1) is 15.4. The van der Waals surface area contributed by atoms with E-state index in [1.807, 2.05) is 6.07 Å². The normalized spacial score (nSPS) is 9.81. The van der Waals surface area contributed by atoms with Crippen molar-refractivity contribution >= 4 is 45.0 Å². The molecule has 0 fully saturated rings. The van der Waals surface area contributed by atoms with E-state index in [9.17, 15) is 4.79 Å². The number of carbonyl (C=O) groups excluding carboxylic acids is 1. The van der Waals surface area contributed by atoms with E-state index < -0.39 is 0 Å². The van der Waals surface area contributed by atoms with Crippen LogP contribution in [0.2, 0.25) is 0 Å². The van der Waals surface area contributed by atoms with Gasteiger partial charge in [-0.15, -0.1) is 0 Å². The second-order valence-electron chi connectivity index (χ2n) is 3.97. The lowest BCUT2D eigenvalue weighted by Crippen LogP contribution is -2.34. The van der Waals surface area contributed by atoms with E-state index in [1.54, 1.807) is 36.5 Å². The number of carbonyl (C=O) groups is 1. The van der Waals surface area contributed by atoms with Gasteiger partial charge >= 0.3 is 0 Å². The van der Waals surface area contributed by atoms with Gasteiger partial charge in [0.15, 0.2) is 5.11 Å². The molecule has 0 unspecified atom stereocenters. The SMILES string of the molecule is COc1ccc(Br)cc1C(=O)NC(=S)Nc1ccccn1. The number of thiocarbonyl (C=S) groups is 1. The van der Waals surface area contributed by atoms with Crippen LogP contribution in [0.25, 0.3) is 0 Å². The Labute approximate surface area is 135 Å². The summed E-state index contributed by atoms with van der Waals surface area (Å²) in [6.07, 6.45) is 1.63. The quantitative estimate of drug-likeness (QED) is 0.818. The Balaban J connectivity index is 2.07. The molecule has 21 heavy (non-hydrogen) atoms. The van der Waals surface area contributed by atoms with Crippen LogP contribution in [0.3, 0.4) is 0 Å². The predicted octanol–water partition coefficient (Wildman–Crippen LogP) is 2.98. The zero-order valence-electron chi connectivity index (χ0n) is 11.1. The Hall–Kier alpha value is -1.99. The fourth-order valence-electron chi connectivity index (χ4n) is 1.61. The summed E-state index contributed by atoms with van der Waals surface area (Å²) in [6, 6.07) is 10.5. The molecule has 1 heterocycles. The van der Waals surface area contributed by atoms with Crippen LogP contribution in [-0.4, -0.2) is 23.1 Å². The average molecular weight is 366 g/mol. The molecule has 5 nitrogen and oxygen atoms in total. The number of amides is 1. The zero-order valence-corrected chi connectivity index (χ0v) is 13.5. The number of benzene rings is 1. The Morgan fingerprint density at radius 1 is 1.33 bits per heavy atom. The maximum absolute atomic E-state index is 12.2. The van der Waals surface area contributed by atoms with Gasteiger partial charge in [-0.3, -0.25) is 10.1 Å². The Morgan fingerprint density at radius 3 is 2.81 bits per heavy atom. The van der Waals surface area contributed by atoms with Crippen molar-refractivity contribution in [2.45, 2.75) is 0 Å². The van der Waals surface area contributed by atoms with Crippen LogP contribution in [-0.2, 0) is 0 Å². The summed E-state index contributed by atoms with van der Waals surface area (Å²) in [7, 11) is 1.50. The molecule has 2 rings (SSSR count). The van der Waals surface area contributed by atoms with E-state index in [0.29, 0.717) is 17.1 Å². The molecular formula is C14H12BrN3O2S. The molecule has 108 valence electrons. The van der Waals surface area contributed by atoms with Crippen LogP contribution >= 0.6 is 28.1 Å². The molecule has 0 radical (unpaired) electrons. The number of hydrogen-bond donors (Lipinski definition) is 2. The van der Waals surface area contributed by atoms with Crippen LogP contribution in [0.4, 0.5) is 5.82 Å². The number of pyridine rings is 1. The van der Waals surface area contributed by atoms with Gasteiger partial charge in [-0.1, -0.05) is 22.0 Å². The van der Waals surface area contributed by atoms with Gasteiger partial charge in [-0.25, -0.2) is 4.98 Å². The number of rotatable bonds is 3. The van der Waals surface area contributed by atoms with Crippen molar-refractivity contribution in [2.75, 3.05) is 12.4 Å². The van der Waals surface area contributed by atoms with Crippen molar-refractivity contribution in [1.82, 2.24) is 10.3 Å². The summed E-state index contributed by atoms with van der Waals surface area (Å²) in [4.78, 5) is 16.3. The number of hydrogen-bond acceptors (Lipinski definition) is 4. The monoisotopic (exact) mass is 365 g/mol. The van der Waals surface area contributed by atoms with Gasteiger partial charge in [-0.05, 0) is 42.5 Å². The summed E-state index contributed by atoms with van der Waals surface area (Å²) < 4.78 is 5.94. The first-order chi connectivity index (χ1) is 10.1. The van der Waals surface area contributed by atoms with Crippen LogP contribution in [0, 0.1) is 0 Å². The molecule has 0 spiro atoms. The van der Waals surface area contributed by atoms with E-state index in [4.69, 9.17) is 17.0 Å². The van der Waals surface area contributed by atoms with Crippen molar-refractivity contribution in [3.05, 3.63) is 52.6 Å². The number of methoxy groups -OCH3 is 1. The molecule has 0 bridgehead atoms. The number of aromatic nitrogens is 1. The van der Waals surface area contributed by atoms with Crippen molar-refractivity contribution in [3.8, 4) is 5.75 Å². The van der Waals surface area contributed by atoms with Crippen LogP contribution in [0.15, 0.2) is 47.1 Å². The number of ether oxygens (including phenoxy) is 1. The van der Waals surface area contributed by atoms with E-state index >= 15 is 0 Å². The minimum atomic E-state index is -0.360. The molecule has 0 atom stereocenters. The lowest BCUT2D eigenvalue weighted by molar-refractivity contribution is 0.0974. The molecular weight excluding hydrogens is 354 g/mol. The van der Waals surface area contributed by atoms with Gasteiger partial charge in [0, 0.05) is 10.7 Å². The minimum Gasteiger partial charge on any atom is -0.496 e. The highest BCUT2D eigenvalue weighted by Crippen LogP contribution is 2.22. The first-order valence-corrected chi connectivity index (χ1v) is 7.17. The van der Waals surface area contributed by atoms with Gasteiger partial charge in [0.25, 0.3) is 5.91 Å². The Kier molecular flexibility index (Phi) is 5.24. The van der Waals surface area contributed by atoms with Crippen LogP contribution < -0.4 is 15.4 Å². The van der Waals surface area contributed by atoms with E-state index in [2.05, 4.69) is 31.5 Å². The lowest BCUT2D eigenvalue weighted by Gasteiger charge is -2.11. The van der Waals surface area contributed by atoms with E-state index in [0.717, 1.165) is 4.47 Å². The lowest BCUT2D eigenvalue weighted by atomic mass is 10.2. The highest BCUT2D eigenvalue weighted by atomic mass is 79.9. The van der Waals surface area contributed by atoms with Crippen molar-refractivity contribution in [3.63, 3.8) is 0 Å². The van der Waals surface area contributed by atoms with Gasteiger partial charge < -0.3 is 10.1 Å². The molecule has 2 N–H and O–H groups in total. The number of halogens is 1. The third-order valence-electron chi connectivity index (χ3n) is 2.54. The fraction of sp³-hybridized carbons (Fsp3) is 0.0714. The minimum absolute atomic E-state index is 0.167. The molecule has 0 aliphatic heterocycles. The summed E-state index contributed by atoms with van der Waals surface area (Å²) >= 11 is 8.41. The second-order valence-corrected chi connectivity index (χ2v) is 5.29. The number of anilines is 1. The smallest absolute Gasteiger partial charge is 0.261 e. The molecule has 0 saturated carbocycles. The summed E-state index contributed by atoms with van der Waals surface area (Å²) in [6.45, 7) is 0. The number of nitrogens with one attached hydrogen (secondary N) is 2. The zero-order chi connectivity index (χ0) is 15.2. The summed E-state index contributed by atoms with van der Waals surface area (Å²) in [5.41, 5.74) is 0.386. The van der Waals surface area contributed by atoms with E-state index in [-0.39, 0.29) is 11.0 Å². The van der Waals surface area contributed by atoms with Gasteiger partial charge in [-0.2, -0.15) is 0 Å². The van der Waals surface area contributed by atoms with Crippen molar-refractivity contribution in [2.24, 2.45) is 0 Å². The fourth-order valence-corrected chi connectivity index (χ4v) is 2.17. The largest absolute Gasteiger partial charge is 0.496 e. The van der Waals surface area contributed by atoms with Crippen LogP contribution in [0.1, 0.15) is 10.4 Å². The molecule has 7 heteroatoms. The summed E-state index contributed by atoms with van der Waals surface area (Å²) in [5.74, 6) is 0.668. The average Bonchev–Trinajstić information content (AvgIpc) is 2.48. The molecule has 0 saturated heterocycles. The van der Waals surface area contributed by atoms with Gasteiger partial charge in [0.1, 0.15) is 11.6 Å². The standard InChI is InChI=1S/C14H12BrN3O2S/c1-20-11-6-5-9(15)8-10(11)13(19)18-14(21)17-12-4-2-3-7-16-12/h2-8H,1H3,(H2,16,17,18,19,21). The third-order valence-corrected chi connectivity index (χ3v) is 3.24. The molecule has 1 aromatic heterocycles. The Morgan fingerprint density at radius 2 is 2.14 bits per heavy atom. The van der Waals surface area contributed by atoms with Crippen molar-refractivity contribution < 1.29 is 9.53 Å². The molecule has 1 aromatic carbocycles. The topological polar surface area (TPSA) is 63.2 Å². The maximum atomic E-state index is 12.2. The van der Waals surface area contributed by atoms with Gasteiger partial charge in [0.2, 0.25) is 0 Å². The van der Waals surface area contributed by atoms with Crippen molar-refractivity contribution in [1.29, 1.82) is 0 Å². The Bertz CT molecular complexity index is 665.